The molecule has 0 aliphatic carbocycles. The molecule has 114 valence electrons. The summed E-state index contributed by atoms with van der Waals surface area (Å²) < 4.78 is 5.12. The Morgan fingerprint density at radius 3 is 2.96 bits per heavy atom. The van der Waals surface area contributed by atoms with Crippen LogP contribution in [0.1, 0.15) is 34.1 Å². The quantitative estimate of drug-likeness (QED) is 0.756. The Morgan fingerprint density at radius 1 is 1.26 bits per heavy atom. The third kappa shape index (κ3) is 2.21. The van der Waals surface area contributed by atoms with Gasteiger partial charge in [-0.1, -0.05) is 12.1 Å². The van der Waals surface area contributed by atoms with Crippen molar-refractivity contribution in [3.05, 3.63) is 58.9 Å². The highest BCUT2D eigenvalue weighted by Crippen LogP contribution is 2.24. The SMILES string of the molecule is COc1cc2cc(C(=O)c3ccc4c(c3)C(C)=NC4)[nH]c2cn1. The highest BCUT2D eigenvalue weighted by Gasteiger charge is 2.17. The molecule has 5 nitrogen and oxygen atoms in total. The Balaban J connectivity index is 1.74. The Bertz CT molecular complexity index is 970. The van der Waals surface area contributed by atoms with Gasteiger partial charge < -0.3 is 9.72 Å². The molecule has 0 radical (unpaired) electrons. The fraction of sp³-hybridized carbons (Fsp3) is 0.167. The van der Waals surface area contributed by atoms with Crippen LogP contribution in [0, 0.1) is 0 Å². The molecule has 0 bridgehead atoms. The summed E-state index contributed by atoms with van der Waals surface area (Å²) in [5.41, 5.74) is 5.24. The third-order valence-corrected chi connectivity index (χ3v) is 4.18. The van der Waals surface area contributed by atoms with Crippen LogP contribution in [0.3, 0.4) is 0 Å². The number of carbonyl (C=O) groups excluding carboxylic acids is 1. The van der Waals surface area contributed by atoms with Gasteiger partial charge in [0, 0.05) is 28.3 Å². The number of pyridine rings is 1. The van der Waals surface area contributed by atoms with Crippen molar-refractivity contribution < 1.29 is 9.53 Å². The van der Waals surface area contributed by atoms with Gasteiger partial charge >= 0.3 is 0 Å². The molecule has 1 aliphatic rings. The fourth-order valence-electron chi connectivity index (χ4n) is 2.88. The largest absolute Gasteiger partial charge is 0.481 e. The molecule has 3 aromatic rings. The predicted octanol–water partition coefficient (Wildman–Crippen LogP) is 3.13. The zero-order valence-corrected chi connectivity index (χ0v) is 12.9. The van der Waals surface area contributed by atoms with E-state index in [4.69, 9.17) is 4.74 Å². The highest BCUT2D eigenvalue weighted by molar-refractivity contribution is 6.12. The molecule has 2 aromatic heterocycles. The molecule has 0 fully saturated rings. The van der Waals surface area contributed by atoms with Gasteiger partial charge in [0.1, 0.15) is 0 Å². The summed E-state index contributed by atoms with van der Waals surface area (Å²) in [6.07, 6.45) is 1.67. The summed E-state index contributed by atoms with van der Waals surface area (Å²) in [7, 11) is 1.57. The number of carbonyl (C=O) groups is 1. The number of ether oxygens (including phenoxy) is 1. The topological polar surface area (TPSA) is 67.3 Å². The maximum absolute atomic E-state index is 12.8. The Labute approximate surface area is 133 Å². The number of ketones is 1. The van der Waals surface area contributed by atoms with E-state index >= 15 is 0 Å². The number of rotatable bonds is 3. The summed E-state index contributed by atoms with van der Waals surface area (Å²) in [6.45, 7) is 2.68. The van der Waals surface area contributed by atoms with Crippen LogP contribution in [0.2, 0.25) is 0 Å². The molecule has 5 heteroatoms. The van der Waals surface area contributed by atoms with Crippen molar-refractivity contribution in [3.8, 4) is 5.88 Å². The Kier molecular flexibility index (Phi) is 3.01. The lowest BCUT2D eigenvalue weighted by molar-refractivity contribution is 0.103. The average molecular weight is 305 g/mol. The molecule has 0 spiro atoms. The van der Waals surface area contributed by atoms with E-state index in [2.05, 4.69) is 15.0 Å². The van der Waals surface area contributed by atoms with Crippen LogP contribution in [0.5, 0.6) is 5.88 Å². The average Bonchev–Trinajstić information content (AvgIpc) is 3.17. The van der Waals surface area contributed by atoms with E-state index < -0.39 is 0 Å². The molecule has 23 heavy (non-hydrogen) atoms. The maximum atomic E-state index is 12.8. The smallest absolute Gasteiger partial charge is 0.213 e. The van der Waals surface area contributed by atoms with Crippen LogP contribution in [0.15, 0.2) is 41.5 Å². The van der Waals surface area contributed by atoms with Gasteiger partial charge in [0.25, 0.3) is 0 Å². The molecule has 1 N–H and O–H groups in total. The number of nitrogens with zero attached hydrogens (tertiary/aromatic N) is 2. The van der Waals surface area contributed by atoms with Crippen molar-refractivity contribution in [1.82, 2.24) is 9.97 Å². The van der Waals surface area contributed by atoms with E-state index in [1.165, 1.54) is 5.56 Å². The number of H-pyrrole nitrogens is 1. The molecule has 4 rings (SSSR count). The van der Waals surface area contributed by atoms with E-state index in [0.29, 0.717) is 23.7 Å². The number of aromatic nitrogens is 2. The van der Waals surface area contributed by atoms with Gasteiger partial charge in [0.05, 0.1) is 31.1 Å². The van der Waals surface area contributed by atoms with E-state index in [0.717, 1.165) is 22.2 Å². The molecule has 3 heterocycles. The van der Waals surface area contributed by atoms with Crippen molar-refractivity contribution >= 4 is 22.4 Å². The van der Waals surface area contributed by atoms with E-state index in [1.54, 1.807) is 13.3 Å². The number of fused-ring (bicyclic) bond motifs is 2. The lowest BCUT2D eigenvalue weighted by Gasteiger charge is -2.03. The van der Waals surface area contributed by atoms with Gasteiger partial charge in [0.15, 0.2) is 0 Å². The van der Waals surface area contributed by atoms with Gasteiger partial charge in [-0.05, 0) is 24.6 Å². The van der Waals surface area contributed by atoms with E-state index in [9.17, 15) is 4.79 Å². The van der Waals surface area contributed by atoms with Crippen molar-refractivity contribution in [1.29, 1.82) is 0 Å². The van der Waals surface area contributed by atoms with Crippen LogP contribution in [-0.2, 0) is 6.54 Å². The monoisotopic (exact) mass is 305 g/mol. The van der Waals surface area contributed by atoms with Crippen molar-refractivity contribution in [3.63, 3.8) is 0 Å². The third-order valence-electron chi connectivity index (χ3n) is 4.18. The van der Waals surface area contributed by atoms with Crippen molar-refractivity contribution in [2.45, 2.75) is 13.5 Å². The number of aliphatic imine (C=N–C) groups is 1. The predicted molar refractivity (Wildman–Crippen MR) is 88.4 cm³/mol. The second-order valence-corrected chi connectivity index (χ2v) is 5.60. The van der Waals surface area contributed by atoms with Gasteiger partial charge in [-0.3, -0.25) is 9.79 Å². The summed E-state index contributed by atoms with van der Waals surface area (Å²) in [5.74, 6) is 0.488. The number of hydrogen-bond donors (Lipinski definition) is 1. The van der Waals surface area contributed by atoms with Gasteiger partial charge in [-0.15, -0.1) is 0 Å². The minimum Gasteiger partial charge on any atom is -0.481 e. The first-order valence-corrected chi connectivity index (χ1v) is 7.37. The van der Waals surface area contributed by atoms with Crippen LogP contribution < -0.4 is 4.74 Å². The normalized spacial score (nSPS) is 13.0. The van der Waals surface area contributed by atoms with Gasteiger partial charge in [0.2, 0.25) is 11.7 Å². The zero-order valence-electron chi connectivity index (χ0n) is 12.9. The molecule has 0 saturated carbocycles. The first-order valence-electron chi connectivity index (χ1n) is 7.37. The molecule has 1 aromatic carbocycles. The lowest BCUT2D eigenvalue weighted by Crippen LogP contribution is -2.04. The van der Waals surface area contributed by atoms with Crippen molar-refractivity contribution in [2.24, 2.45) is 4.99 Å². The standard InChI is InChI=1S/C18H15N3O2/c1-10-14-5-11(3-4-12(14)8-19-10)18(22)15-6-13-7-17(23-2)20-9-16(13)21-15/h3-7,9,21H,8H2,1-2H3. The van der Waals surface area contributed by atoms with E-state index in [-0.39, 0.29) is 5.78 Å². The second-order valence-electron chi connectivity index (χ2n) is 5.60. The van der Waals surface area contributed by atoms with Gasteiger partial charge in [-0.25, -0.2) is 4.98 Å². The van der Waals surface area contributed by atoms with E-state index in [1.807, 2.05) is 37.3 Å². The molecule has 0 unspecified atom stereocenters. The minimum absolute atomic E-state index is 0.0392. The fourth-order valence-corrected chi connectivity index (χ4v) is 2.88. The first kappa shape index (κ1) is 13.7. The van der Waals surface area contributed by atoms with Crippen LogP contribution in [0.25, 0.3) is 10.9 Å². The van der Waals surface area contributed by atoms with Crippen LogP contribution in [0.4, 0.5) is 0 Å². The number of methoxy groups -OCH3 is 1. The lowest BCUT2D eigenvalue weighted by atomic mass is 10.00. The Hall–Kier alpha value is -2.95. The molecule has 0 amide bonds. The summed E-state index contributed by atoms with van der Waals surface area (Å²) in [5, 5.41) is 0.902. The molecule has 1 aliphatic heterocycles. The molecule has 0 atom stereocenters. The molecular formula is C18H15N3O2. The van der Waals surface area contributed by atoms with Crippen LogP contribution >= 0.6 is 0 Å². The number of aromatic amines is 1. The summed E-state index contributed by atoms with van der Waals surface area (Å²) in [6, 6.07) is 9.40. The number of benzene rings is 1. The number of hydrogen-bond acceptors (Lipinski definition) is 4. The molecule has 0 saturated heterocycles. The zero-order chi connectivity index (χ0) is 16.0. The minimum atomic E-state index is -0.0392. The Morgan fingerprint density at radius 2 is 2.13 bits per heavy atom. The molecular weight excluding hydrogens is 290 g/mol. The van der Waals surface area contributed by atoms with Crippen LogP contribution in [-0.4, -0.2) is 28.6 Å². The summed E-state index contributed by atoms with van der Waals surface area (Å²) >= 11 is 0. The van der Waals surface area contributed by atoms with Crippen molar-refractivity contribution in [2.75, 3.05) is 7.11 Å². The van der Waals surface area contributed by atoms with Gasteiger partial charge in [-0.2, -0.15) is 0 Å². The highest BCUT2D eigenvalue weighted by atomic mass is 16.5. The maximum Gasteiger partial charge on any atom is 0.213 e. The number of nitrogens with one attached hydrogen (secondary N) is 1. The summed E-state index contributed by atoms with van der Waals surface area (Å²) in [4.78, 5) is 24.4. The second kappa shape index (κ2) is 5.05. The first-order chi connectivity index (χ1) is 11.2.